The first-order chi connectivity index (χ1) is 9.08. The van der Waals surface area contributed by atoms with Crippen molar-refractivity contribution in [3.8, 4) is 5.88 Å². The van der Waals surface area contributed by atoms with E-state index in [-0.39, 0.29) is 6.61 Å². The maximum atomic E-state index is 8.91. The van der Waals surface area contributed by atoms with Gasteiger partial charge in [0.1, 0.15) is 5.82 Å². The number of nitrogens with zero attached hydrogens (tertiary/aromatic N) is 2. The Balaban J connectivity index is 2.80. The molecule has 19 heavy (non-hydrogen) atoms. The highest BCUT2D eigenvalue weighted by molar-refractivity contribution is 5.54. The van der Waals surface area contributed by atoms with Crippen molar-refractivity contribution >= 4 is 11.5 Å². The van der Waals surface area contributed by atoms with Gasteiger partial charge < -0.3 is 20.5 Å². The Morgan fingerprint density at radius 2 is 2.16 bits per heavy atom. The molecular weight excluding hydrogens is 242 g/mol. The zero-order chi connectivity index (χ0) is 14.3. The van der Waals surface area contributed by atoms with Gasteiger partial charge in [0, 0.05) is 19.7 Å². The van der Waals surface area contributed by atoms with Crippen molar-refractivity contribution in [2.75, 3.05) is 36.9 Å². The Hall–Kier alpha value is -1.49. The minimum atomic E-state index is 0.183. The third-order valence-corrected chi connectivity index (χ3v) is 2.72. The van der Waals surface area contributed by atoms with Gasteiger partial charge in [-0.15, -0.1) is 0 Å². The summed E-state index contributed by atoms with van der Waals surface area (Å²) in [5, 5.41) is 8.91. The summed E-state index contributed by atoms with van der Waals surface area (Å²) in [5.74, 6) is 1.76. The van der Waals surface area contributed by atoms with Crippen LogP contribution < -0.4 is 15.4 Å². The number of hydrogen-bond acceptors (Lipinski definition) is 5. The number of aliphatic hydroxyl groups excluding tert-OH is 1. The molecule has 5 nitrogen and oxygen atoms in total. The van der Waals surface area contributed by atoms with Crippen molar-refractivity contribution in [1.82, 2.24) is 4.98 Å². The summed E-state index contributed by atoms with van der Waals surface area (Å²) in [4.78, 5) is 6.56. The molecule has 1 rings (SSSR count). The molecule has 0 aromatic carbocycles. The Kier molecular flexibility index (Phi) is 6.42. The fourth-order valence-corrected chi connectivity index (χ4v) is 1.68. The molecule has 0 saturated heterocycles. The van der Waals surface area contributed by atoms with Crippen molar-refractivity contribution < 1.29 is 9.84 Å². The second kappa shape index (κ2) is 7.84. The maximum Gasteiger partial charge on any atom is 0.239 e. The van der Waals surface area contributed by atoms with E-state index in [0.29, 0.717) is 24.1 Å². The molecule has 0 radical (unpaired) electrons. The van der Waals surface area contributed by atoms with E-state index >= 15 is 0 Å². The molecule has 0 aliphatic rings. The Morgan fingerprint density at radius 3 is 2.74 bits per heavy atom. The lowest BCUT2D eigenvalue weighted by Crippen LogP contribution is -2.25. The van der Waals surface area contributed by atoms with Crippen LogP contribution in [0.15, 0.2) is 12.1 Å². The van der Waals surface area contributed by atoms with Crippen molar-refractivity contribution in [2.24, 2.45) is 5.92 Å². The van der Waals surface area contributed by atoms with E-state index in [9.17, 15) is 0 Å². The van der Waals surface area contributed by atoms with Crippen molar-refractivity contribution in [3.63, 3.8) is 0 Å². The molecular formula is C14H25N3O2. The fourth-order valence-electron chi connectivity index (χ4n) is 1.68. The van der Waals surface area contributed by atoms with Gasteiger partial charge in [-0.05, 0) is 31.4 Å². The molecule has 0 aliphatic carbocycles. The Labute approximate surface area is 115 Å². The first-order valence-electron chi connectivity index (χ1n) is 6.83. The second-order valence-electron chi connectivity index (χ2n) is 4.93. The highest BCUT2D eigenvalue weighted by atomic mass is 16.5. The lowest BCUT2D eigenvalue weighted by molar-refractivity contribution is 0.263. The van der Waals surface area contributed by atoms with Crippen LogP contribution in [-0.4, -0.2) is 36.4 Å². The van der Waals surface area contributed by atoms with Crippen molar-refractivity contribution in [1.29, 1.82) is 0 Å². The van der Waals surface area contributed by atoms with E-state index in [1.54, 1.807) is 0 Å². The fraction of sp³-hybridized carbons (Fsp3) is 0.643. The summed E-state index contributed by atoms with van der Waals surface area (Å²) in [6.45, 7) is 8.61. The summed E-state index contributed by atoms with van der Waals surface area (Å²) in [7, 11) is 0. The molecule has 0 spiro atoms. The molecule has 3 N–H and O–H groups in total. The third-order valence-electron chi connectivity index (χ3n) is 2.72. The standard InChI is InChI=1S/C14H25N3O2/c1-4-17(8-5-9-18)13-7-6-12(15)14(16-13)19-10-11(2)3/h6-7,11,18H,4-5,8-10,15H2,1-3H3. The average molecular weight is 267 g/mol. The van der Waals surface area contributed by atoms with Crippen LogP contribution in [0.2, 0.25) is 0 Å². The molecule has 0 bridgehead atoms. The zero-order valence-corrected chi connectivity index (χ0v) is 12.1. The summed E-state index contributed by atoms with van der Waals surface area (Å²) in [5.41, 5.74) is 6.43. The van der Waals surface area contributed by atoms with Gasteiger partial charge >= 0.3 is 0 Å². The lowest BCUT2D eigenvalue weighted by atomic mass is 10.2. The second-order valence-corrected chi connectivity index (χ2v) is 4.93. The number of ether oxygens (including phenoxy) is 1. The first kappa shape index (κ1) is 15.6. The van der Waals surface area contributed by atoms with E-state index in [2.05, 4.69) is 30.7 Å². The van der Waals surface area contributed by atoms with Gasteiger partial charge in [-0.2, -0.15) is 4.98 Å². The minimum Gasteiger partial charge on any atom is -0.476 e. The molecule has 5 heteroatoms. The highest BCUT2D eigenvalue weighted by Crippen LogP contribution is 2.23. The predicted molar refractivity (Wildman–Crippen MR) is 78.6 cm³/mol. The van der Waals surface area contributed by atoms with Crippen LogP contribution in [0.25, 0.3) is 0 Å². The number of rotatable bonds is 8. The molecule has 1 aromatic heterocycles. The number of aliphatic hydroxyl groups is 1. The van der Waals surface area contributed by atoms with Gasteiger partial charge in [0.2, 0.25) is 5.88 Å². The van der Waals surface area contributed by atoms with Gasteiger partial charge in [0.05, 0.1) is 12.3 Å². The normalized spacial score (nSPS) is 10.8. The monoisotopic (exact) mass is 267 g/mol. The molecule has 0 fully saturated rings. The number of hydrogen-bond donors (Lipinski definition) is 2. The first-order valence-corrected chi connectivity index (χ1v) is 6.83. The minimum absolute atomic E-state index is 0.183. The average Bonchev–Trinajstić information content (AvgIpc) is 2.39. The van der Waals surface area contributed by atoms with Crippen LogP contribution in [0.3, 0.4) is 0 Å². The van der Waals surface area contributed by atoms with Gasteiger partial charge in [0.25, 0.3) is 0 Å². The van der Waals surface area contributed by atoms with Crippen molar-refractivity contribution in [2.45, 2.75) is 27.2 Å². The van der Waals surface area contributed by atoms with E-state index < -0.39 is 0 Å². The Morgan fingerprint density at radius 1 is 1.42 bits per heavy atom. The molecule has 0 atom stereocenters. The van der Waals surface area contributed by atoms with E-state index in [0.717, 1.165) is 25.3 Å². The van der Waals surface area contributed by atoms with Gasteiger partial charge in [0.15, 0.2) is 0 Å². The summed E-state index contributed by atoms with van der Waals surface area (Å²) in [6.07, 6.45) is 0.724. The molecule has 108 valence electrons. The van der Waals surface area contributed by atoms with Gasteiger partial charge in [-0.3, -0.25) is 0 Å². The molecule has 0 saturated carbocycles. The quantitative estimate of drug-likeness (QED) is 0.753. The van der Waals surface area contributed by atoms with E-state index in [1.165, 1.54) is 0 Å². The lowest BCUT2D eigenvalue weighted by Gasteiger charge is -2.22. The summed E-state index contributed by atoms with van der Waals surface area (Å²) >= 11 is 0. The molecule has 0 amide bonds. The van der Waals surface area contributed by atoms with Crippen LogP contribution in [-0.2, 0) is 0 Å². The molecule has 1 heterocycles. The molecule has 0 unspecified atom stereocenters. The number of aromatic nitrogens is 1. The number of pyridine rings is 1. The van der Waals surface area contributed by atoms with Crippen molar-refractivity contribution in [3.05, 3.63) is 12.1 Å². The summed E-state index contributed by atoms with van der Waals surface area (Å²) < 4.78 is 5.63. The van der Waals surface area contributed by atoms with Crippen LogP contribution in [0, 0.1) is 5.92 Å². The SMILES string of the molecule is CCN(CCCO)c1ccc(N)c(OCC(C)C)n1. The van der Waals surface area contributed by atoms with Gasteiger partial charge in [-0.25, -0.2) is 0 Å². The number of nitrogens with two attached hydrogens (primary N) is 1. The van der Waals surface area contributed by atoms with Crippen LogP contribution >= 0.6 is 0 Å². The number of anilines is 2. The topological polar surface area (TPSA) is 71.6 Å². The van der Waals surface area contributed by atoms with Crippen LogP contribution in [0.4, 0.5) is 11.5 Å². The zero-order valence-electron chi connectivity index (χ0n) is 12.1. The van der Waals surface area contributed by atoms with E-state index in [1.807, 2.05) is 12.1 Å². The highest BCUT2D eigenvalue weighted by Gasteiger charge is 2.10. The molecule has 1 aromatic rings. The molecule has 0 aliphatic heterocycles. The van der Waals surface area contributed by atoms with Crippen LogP contribution in [0.5, 0.6) is 5.88 Å². The smallest absolute Gasteiger partial charge is 0.239 e. The maximum absolute atomic E-state index is 8.91. The third kappa shape index (κ3) is 4.95. The van der Waals surface area contributed by atoms with Gasteiger partial charge in [-0.1, -0.05) is 13.8 Å². The van der Waals surface area contributed by atoms with E-state index in [4.69, 9.17) is 15.6 Å². The predicted octanol–water partition coefficient (Wildman–Crippen LogP) is 1.91. The van der Waals surface area contributed by atoms with Crippen LogP contribution in [0.1, 0.15) is 27.2 Å². The summed E-state index contributed by atoms with van der Waals surface area (Å²) in [6, 6.07) is 3.71. The largest absolute Gasteiger partial charge is 0.476 e. The number of nitrogen functional groups attached to an aromatic ring is 1. The Bertz CT molecular complexity index is 383.